The van der Waals surface area contributed by atoms with E-state index in [2.05, 4.69) is 144 Å². The molecule has 212 valence electrons. The minimum Gasteiger partial charge on any atom is -0.400 e. The highest BCUT2D eigenvalue weighted by atomic mass is 15.4. The molecule has 4 aliphatic carbocycles. The number of fused-ring (bicyclic) bond motifs is 3. The Labute approximate surface area is 249 Å². The number of benzene rings is 1. The molecule has 6 atom stereocenters. The van der Waals surface area contributed by atoms with Gasteiger partial charge in [0, 0.05) is 23.2 Å². The van der Waals surface area contributed by atoms with Crippen molar-refractivity contribution in [2.24, 2.45) is 17.6 Å². The van der Waals surface area contributed by atoms with Crippen LogP contribution in [0, 0.1) is 11.8 Å². The van der Waals surface area contributed by atoms with E-state index in [0.29, 0.717) is 11.8 Å². The second-order valence-corrected chi connectivity index (χ2v) is 11.8. The summed E-state index contributed by atoms with van der Waals surface area (Å²) in [5.74, 6) is 0.807. The third-order valence-corrected chi connectivity index (χ3v) is 9.00. The van der Waals surface area contributed by atoms with E-state index in [0.717, 1.165) is 29.8 Å². The second kappa shape index (κ2) is 11.6. The van der Waals surface area contributed by atoms with Crippen LogP contribution in [0.3, 0.4) is 0 Å². The zero-order chi connectivity index (χ0) is 28.5. The Bertz CT molecular complexity index is 1590. The Kier molecular flexibility index (Phi) is 7.39. The van der Waals surface area contributed by atoms with Gasteiger partial charge in [0.2, 0.25) is 0 Å². The van der Waals surface area contributed by atoms with E-state index in [4.69, 9.17) is 5.73 Å². The van der Waals surface area contributed by atoms with Gasteiger partial charge in [-0.3, -0.25) is 16.0 Å². The molecule has 1 aromatic carbocycles. The molecule has 7 rings (SSSR count). The van der Waals surface area contributed by atoms with Gasteiger partial charge in [0.25, 0.3) is 0 Å². The number of dihydropyridines is 1. The molecule has 1 fully saturated rings. The molecular formula is C37H39N5. The third-order valence-electron chi connectivity index (χ3n) is 9.00. The van der Waals surface area contributed by atoms with Gasteiger partial charge in [-0.15, -0.1) is 0 Å². The van der Waals surface area contributed by atoms with Crippen molar-refractivity contribution in [1.82, 2.24) is 21.3 Å². The van der Waals surface area contributed by atoms with Crippen LogP contribution in [0.5, 0.6) is 0 Å². The number of aryl methyl sites for hydroxylation is 1. The Morgan fingerprint density at radius 1 is 0.810 bits per heavy atom. The van der Waals surface area contributed by atoms with Gasteiger partial charge in [-0.25, -0.2) is 0 Å². The van der Waals surface area contributed by atoms with Gasteiger partial charge in [-0.2, -0.15) is 0 Å². The van der Waals surface area contributed by atoms with Crippen LogP contribution < -0.4 is 27.0 Å². The number of hydrogen-bond acceptors (Lipinski definition) is 5. The molecule has 5 nitrogen and oxygen atoms in total. The molecule has 0 saturated carbocycles. The molecule has 1 aromatic rings. The van der Waals surface area contributed by atoms with E-state index < -0.39 is 0 Å². The molecule has 2 heterocycles. The van der Waals surface area contributed by atoms with Crippen molar-refractivity contribution in [3.8, 4) is 0 Å². The predicted octanol–water partition coefficient (Wildman–Crippen LogP) is 5.33. The van der Waals surface area contributed by atoms with Gasteiger partial charge in [-0.1, -0.05) is 109 Å². The summed E-state index contributed by atoms with van der Waals surface area (Å²) in [7, 11) is 0. The first-order valence-corrected chi connectivity index (χ1v) is 15.1. The van der Waals surface area contributed by atoms with Crippen molar-refractivity contribution in [1.29, 1.82) is 0 Å². The van der Waals surface area contributed by atoms with Gasteiger partial charge < -0.3 is 11.1 Å². The summed E-state index contributed by atoms with van der Waals surface area (Å²) < 4.78 is 0. The summed E-state index contributed by atoms with van der Waals surface area (Å²) in [5, 5.41) is 15.0. The topological polar surface area (TPSA) is 74.1 Å². The molecule has 6 N–H and O–H groups in total. The summed E-state index contributed by atoms with van der Waals surface area (Å²) in [6.07, 6.45) is 37.0. The summed E-state index contributed by atoms with van der Waals surface area (Å²) in [6, 6.07) is 8.92. The van der Waals surface area contributed by atoms with Crippen LogP contribution in [0.25, 0.3) is 6.08 Å². The standard InChI is InChI=1S/C37H39N5/c1-24(33-21-19-27-10-6-7-13-34(27)39-33)14-20-32(38)37-41-35(30-17-15-25-8-2-4-11-28(25)22-30)40-36(42-37)31-18-16-26-9-3-5-12-29(26)23-31/h2-15,17,19-23,25,28,34-37,39-42H,16,18,38H2,1H3/b24-14+,32-20-. The van der Waals surface area contributed by atoms with Crippen LogP contribution in [0.15, 0.2) is 149 Å². The van der Waals surface area contributed by atoms with Crippen LogP contribution in [-0.2, 0) is 6.42 Å². The molecule has 42 heavy (non-hydrogen) atoms. The SMILES string of the molecule is C/C(=C\C=C(/N)C1NC(C2=CC3C=CC=CC3C=C2)NC(C2=Cc3ccccc3CC2)N1)C1=CC=C2C=CC=CC2N1. The van der Waals surface area contributed by atoms with Crippen molar-refractivity contribution in [3.05, 3.63) is 160 Å². The summed E-state index contributed by atoms with van der Waals surface area (Å²) in [6.45, 7) is 2.13. The molecular weight excluding hydrogens is 514 g/mol. The highest BCUT2D eigenvalue weighted by Gasteiger charge is 2.33. The maximum atomic E-state index is 6.81. The number of allylic oxidation sites excluding steroid dienone is 13. The van der Waals surface area contributed by atoms with Crippen LogP contribution in [0.1, 0.15) is 24.5 Å². The van der Waals surface area contributed by atoms with Gasteiger partial charge in [-0.05, 0) is 65.3 Å². The molecule has 6 aliphatic rings. The Balaban J connectivity index is 1.15. The van der Waals surface area contributed by atoms with E-state index >= 15 is 0 Å². The molecule has 0 spiro atoms. The van der Waals surface area contributed by atoms with Crippen molar-refractivity contribution < 1.29 is 0 Å². The molecule has 0 amide bonds. The van der Waals surface area contributed by atoms with Crippen molar-refractivity contribution in [2.75, 3.05) is 0 Å². The minimum absolute atomic E-state index is 0.00197. The monoisotopic (exact) mass is 553 g/mol. The fourth-order valence-corrected chi connectivity index (χ4v) is 6.51. The van der Waals surface area contributed by atoms with Gasteiger partial charge in [0.05, 0.1) is 18.4 Å². The summed E-state index contributed by atoms with van der Waals surface area (Å²) in [5.41, 5.74) is 16.4. The lowest BCUT2D eigenvalue weighted by atomic mass is 9.82. The van der Waals surface area contributed by atoms with Crippen molar-refractivity contribution in [3.63, 3.8) is 0 Å². The fourth-order valence-electron chi connectivity index (χ4n) is 6.51. The first kappa shape index (κ1) is 26.7. The first-order chi connectivity index (χ1) is 20.6. The van der Waals surface area contributed by atoms with Crippen LogP contribution in [0.2, 0.25) is 0 Å². The molecule has 6 unspecified atom stereocenters. The van der Waals surface area contributed by atoms with Crippen molar-refractivity contribution in [2.45, 2.75) is 44.3 Å². The maximum Gasteiger partial charge on any atom is 0.101 e. The van der Waals surface area contributed by atoms with Gasteiger partial charge in [0.15, 0.2) is 0 Å². The van der Waals surface area contributed by atoms with Gasteiger partial charge >= 0.3 is 0 Å². The summed E-state index contributed by atoms with van der Waals surface area (Å²) in [4.78, 5) is 0. The molecule has 0 bridgehead atoms. The van der Waals surface area contributed by atoms with Crippen LogP contribution in [0.4, 0.5) is 0 Å². The maximum absolute atomic E-state index is 6.81. The molecule has 0 aromatic heterocycles. The molecule has 1 saturated heterocycles. The molecule has 2 aliphatic heterocycles. The zero-order valence-corrected chi connectivity index (χ0v) is 24.0. The highest BCUT2D eigenvalue weighted by molar-refractivity contribution is 5.60. The largest absolute Gasteiger partial charge is 0.400 e. The Hall–Kier alpha value is -4.16. The summed E-state index contributed by atoms with van der Waals surface area (Å²) >= 11 is 0. The minimum atomic E-state index is -0.191. The normalized spacial score (nSPS) is 31.6. The number of nitrogens with one attached hydrogen (secondary N) is 4. The molecule has 5 heteroatoms. The van der Waals surface area contributed by atoms with Gasteiger partial charge in [0.1, 0.15) is 6.17 Å². The lowest BCUT2D eigenvalue weighted by Crippen LogP contribution is -2.69. The van der Waals surface area contributed by atoms with E-state index in [-0.39, 0.29) is 24.5 Å². The smallest absolute Gasteiger partial charge is 0.101 e. The first-order valence-electron chi connectivity index (χ1n) is 15.1. The third kappa shape index (κ3) is 5.51. The van der Waals surface area contributed by atoms with Crippen LogP contribution in [-0.4, -0.2) is 24.5 Å². The zero-order valence-electron chi connectivity index (χ0n) is 24.0. The number of rotatable bonds is 5. The Morgan fingerprint density at radius 3 is 2.57 bits per heavy atom. The average molecular weight is 554 g/mol. The predicted molar refractivity (Wildman–Crippen MR) is 173 cm³/mol. The van der Waals surface area contributed by atoms with E-state index in [1.54, 1.807) is 0 Å². The molecule has 0 radical (unpaired) electrons. The highest BCUT2D eigenvalue weighted by Crippen LogP contribution is 2.31. The lowest BCUT2D eigenvalue weighted by molar-refractivity contribution is 0.259. The number of hydrogen-bond donors (Lipinski definition) is 5. The van der Waals surface area contributed by atoms with Crippen LogP contribution >= 0.6 is 0 Å². The van der Waals surface area contributed by atoms with E-state index in [1.165, 1.54) is 27.8 Å². The van der Waals surface area contributed by atoms with E-state index in [9.17, 15) is 0 Å². The second-order valence-electron chi connectivity index (χ2n) is 11.8. The average Bonchev–Trinajstić information content (AvgIpc) is 3.06. The fraction of sp³-hybridized carbons (Fsp3) is 0.243. The number of nitrogens with two attached hydrogens (primary N) is 1. The quantitative estimate of drug-likeness (QED) is 0.319. The van der Waals surface area contributed by atoms with Crippen molar-refractivity contribution >= 4 is 6.08 Å². The van der Waals surface area contributed by atoms with E-state index in [1.807, 2.05) is 6.08 Å². The lowest BCUT2D eigenvalue weighted by Gasteiger charge is -2.42. The Morgan fingerprint density at radius 2 is 1.64 bits per heavy atom.